The second-order valence-electron chi connectivity index (χ2n) is 6.39. The SMILES string of the molecule is CC[C@@H](N)CNc1nc(NCc2ccc(C)c(Cl)c2)c2cnn(C)c2n1. The van der Waals surface area contributed by atoms with Crippen LogP contribution >= 0.6 is 11.6 Å². The minimum Gasteiger partial charge on any atom is -0.365 e. The summed E-state index contributed by atoms with van der Waals surface area (Å²) in [6.07, 6.45) is 2.65. The number of rotatable bonds is 7. The van der Waals surface area contributed by atoms with Gasteiger partial charge in [-0.25, -0.2) is 0 Å². The number of hydrogen-bond donors (Lipinski definition) is 3. The van der Waals surface area contributed by atoms with Gasteiger partial charge >= 0.3 is 0 Å². The van der Waals surface area contributed by atoms with Gasteiger partial charge < -0.3 is 16.4 Å². The molecule has 0 spiro atoms. The minimum absolute atomic E-state index is 0.0620. The van der Waals surface area contributed by atoms with Crippen LogP contribution in [0.25, 0.3) is 11.0 Å². The monoisotopic (exact) mass is 373 g/mol. The van der Waals surface area contributed by atoms with Gasteiger partial charge in [0.1, 0.15) is 5.82 Å². The molecule has 1 aromatic carbocycles. The fourth-order valence-electron chi connectivity index (χ4n) is 2.53. The van der Waals surface area contributed by atoms with Crippen LogP contribution in [0.1, 0.15) is 24.5 Å². The summed E-state index contributed by atoms with van der Waals surface area (Å²) in [6.45, 7) is 5.26. The van der Waals surface area contributed by atoms with Crippen molar-refractivity contribution in [2.75, 3.05) is 17.2 Å². The maximum atomic E-state index is 6.22. The molecule has 26 heavy (non-hydrogen) atoms. The van der Waals surface area contributed by atoms with E-state index in [4.69, 9.17) is 17.3 Å². The van der Waals surface area contributed by atoms with E-state index >= 15 is 0 Å². The van der Waals surface area contributed by atoms with Crippen molar-refractivity contribution in [2.45, 2.75) is 32.9 Å². The number of nitrogens with two attached hydrogens (primary N) is 1. The third-order valence-electron chi connectivity index (χ3n) is 4.34. The van der Waals surface area contributed by atoms with Crippen molar-refractivity contribution in [3.63, 3.8) is 0 Å². The Morgan fingerprint density at radius 1 is 1.27 bits per heavy atom. The molecule has 4 N–H and O–H groups in total. The van der Waals surface area contributed by atoms with Crippen molar-refractivity contribution < 1.29 is 0 Å². The summed E-state index contributed by atoms with van der Waals surface area (Å²) in [5.74, 6) is 1.27. The first-order valence-electron chi connectivity index (χ1n) is 8.66. The molecular weight excluding hydrogens is 350 g/mol. The fourth-order valence-corrected chi connectivity index (χ4v) is 2.74. The molecule has 0 saturated heterocycles. The first kappa shape index (κ1) is 18.4. The van der Waals surface area contributed by atoms with Crippen LogP contribution in [0.15, 0.2) is 24.4 Å². The number of hydrogen-bond acceptors (Lipinski definition) is 6. The largest absolute Gasteiger partial charge is 0.365 e. The van der Waals surface area contributed by atoms with Crippen LogP contribution in [0.4, 0.5) is 11.8 Å². The molecule has 2 aromatic heterocycles. The lowest BCUT2D eigenvalue weighted by molar-refractivity contribution is 0.676. The van der Waals surface area contributed by atoms with E-state index in [1.54, 1.807) is 10.9 Å². The van der Waals surface area contributed by atoms with E-state index in [1.807, 2.05) is 26.1 Å². The van der Waals surface area contributed by atoms with Crippen LogP contribution in [0.3, 0.4) is 0 Å². The third kappa shape index (κ3) is 4.05. The van der Waals surface area contributed by atoms with Crippen molar-refractivity contribution in [2.24, 2.45) is 12.8 Å². The average molecular weight is 374 g/mol. The summed E-state index contributed by atoms with van der Waals surface area (Å²) in [4.78, 5) is 9.14. The fraction of sp³-hybridized carbons (Fsp3) is 0.389. The molecule has 3 aromatic rings. The molecule has 7 nitrogen and oxygen atoms in total. The Labute approximate surface area is 158 Å². The Kier molecular flexibility index (Phi) is 5.58. The maximum absolute atomic E-state index is 6.22. The molecule has 0 aliphatic rings. The van der Waals surface area contributed by atoms with Crippen molar-refractivity contribution >= 4 is 34.4 Å². The molecule has 0 unspecified atom stereocenters. The molecule has 8 heteroatoms. The van der Waals surface area contributed by atoms with Crippen LogP contribution < -0.4 is 16.4 Å². The highest BCUT2D eigenvalue weighted by Gasteiger charge is 2.12. The van der Waals surface area contributed by atoms with Gasteiger partial charge in [0, 0.05) is 31.2 Å². The van der Waals surface area contributed by atoms with Crippen LogP contribution in [0, 0.1) is 6.92 Å². The highest BCUT2D eigenvalue weighted by molar-refractivity contribution is 6.31. The summed E-state index contributed by atoms with van der Waals surface area (Å²) >= 11 is 6.22. The van der Waals surface area contributed by atoms with Gasteiger partial charge in [-0.3, -0.25) is 4.68 Å². The van der Waals surface area contributed by atoms with Gasteiger partial charge in [-0.15, -0.1) is 0 Å². The molecule has 0 radical (unpaired) electrons. The van der Waals surface area contributed by atoms with Crippen LogP contribution in [0.2, 0.25) is 5.02 Å². The summed E-state index contributed by atoms with van der Waals surface area (Å²) < 4.78 is 1.73. The number of nitrogens with one attached hydrogen (secondary N) is 2. The molecule has 1 atom stereocenters. The lowest BCUT2D eigenvalue weighted by Crippen LogP contribution is -2.28. The van der Waals surface area contributed by atoms with E-state index in [2.05, 4.69) is 38.7 Å². The highest BCUT2D eigenvalue weighted by Crippen LogP contribution is 2.23. The second-order valence-corrected chi connectivity index (χ2v) is 6.79. The predicted octanol–water partition coefficient (Wildman–Crippen LogP) is 3.09. The second kappa shape index (κ2) is 7.88. The normalized spacial score (nSPS) is 12.3. The molecule has 2 heterocycles. The van der Waals surface area contributed by atoms with Crippen LogP contribution in [0.5, 0.6) is 0 Å². The summed E-state index contributed by atoms with van der Waals surface area (Å²) in [7, 11) is 1.86. The lowest BCUT2D eigenvalue weighted by Gasteiger charge is -2.13. The molecule has 0 amide bonds. The number of benzene rings is 1. The standard InChI is InChI=1S/C18H24ClN7/c1-4-13(20)9-22-18-24-16(14-10-23-26(3)17(14)25-18)21-8-12-6-5-11(2)15(19)7-12/h5-7,10,13H,4,8-9,20H2,1-3H3,(H2,21,22,24,25)/t13-/m1/s1. The molecule has 0 saturated carbocycles. The van der Waals surface area contributed by atoms with E-state index in [-0.39, 0.29) is 6.04 Å². The Hall–Kier alpha value is -2.38. The maximum Gasteiger partial charge on any atom is 0.226 e. The van der Waals surface area contributed by atoms with Gasteiger partial charge in [0.2, 0.25) is 5.95 Å². The Morgan fingerprint density at radius 2 is 2.08 bits per heavy atom. The molecule has 0 bridgehead atoms. The molecule has 0 fully saturated rings. The zero-order chi connectivity index (χ0) is 18.7. The van der Waals surface area contributed by atoms with Crippen LogP contribution in [-0.4, -0.2) is 32.3 Å². The van der Waals surface area contributed by atoms with Gasteiger partial charge in [-0.1, -0.05) is 30.7 Å². The van der Waals surface area contributed by atoms with Crippen molar-refractivity contribution in [1.82, 2.24) is 19.7 Å². The van der Waals surface area contributed by atoms with Gasteiger partial charge in [-0.2, -0.15) is 15.1 Å². The number of halogens is 1. The number of fused-ring (bicyclic) bond motifs is 1. The summed E-state index contributed by atoms with van der Waals surface area (Å²) in [5, 5.41) is 12.5. The van der Waals surface area contributed by atoms with Crippen LogP contribution in [-0.2, 0) is 13.6 Å². The first-order valence-corrected chi connectivity index (χ1v) is 9.03. The third-order valence-corrected chi connectivity index (χ3v) is 4.74. The molecule has 138 valence electrons. The zero-order valence-corrected chi connectivity index (χ0v) is 16.0. The molecule has 0 aliphatic carbocycles. The van der Waals surface area contributed by atoms with Crippen molar-refractivity contribution in [3.05, 3.63) is 40.5 Å². The summed E-state index contributed by atoms with van der Waals surface area (Å²) in [5.41, 5.74) is 8.88. The smallest absolute Gasteiger partial charge is 0.226 e. The Bertz CT molecular complexity index is 906. The van der Waals surface area contributed by atoms with E-state index in [0.717, 1.165) is 39.4 Å². The Morgan fingerprint density at radius 3 is 2.81 bits per heavy atom. The van der Waals surface area contributed by atoms with E-state index in [9.17, 15) is 0 Å². The van der Waals surface area contributed by atoms with Gasteiger partial charge in [0.05, 0.1) is 11.6 Å². The van der Waals surface area contributed by atoms with E-state index in [0.29, 0.717) is 19.0 Å². The molecular formula is C18H24ClN7. The van der Waals surface area contributed by atoms with Gasteiger partial charge in [-0.05, 0) is 30.5 Å². The van der Waals surface area contributed by atoms with Gasteiger partial charge in [0.25, 0.3) is 0 Å². The molecule has 0 aliphatic heterocycles. The summed E-state index contributed by atoms with van der Waals surface area (Å²) in [6, 6.07) is 6.09. The number of aryl methyl sites for hydroxylation is 2. The van der Waals surface area contributed by atoms with E-state index < -0.39 is 0 Å². The first-order chi connectivity index (χ1) is 12.5. The van der Waals surface area contributed by atoms with Crippen molar-refractivity contribution in [1.29, 1.82) is 0 Å². The van der Waals surface area contributed by atoms with Gasteiger partial charge in [0.15, 0.2) is 5.65 Å². The molecule has 3 rings (SSSR count). The zero-order valence-electron chi connectivity index (χ0n) is 15.3. The lowest BCUT2D eigenvalue weighted by atomic mass is 10.1. The highest BCUT2D eigenvalue weighted by atomic mass is 35.5. The number of aromatic nitrogens is 4. The topological polar surface area (TPSA) is 93.7 Å². The predicted molar refractivity (Wildman–Crippen MR) is 107 cm³/mol. The van der Waals surface area contributed by atoms with E-state index in [1.165, 1.54) is 0 Å². The quantitative estimate of drug-likeness (QED) is 0.589. The number of nitrogens with zero attached hydrogens (tertiary/aromatic N) is 4. The number of anilines is 2. The van der Waals surface area contributed by atoms with Crippen molar-refractivity contribution in [3.8, 4) is 0 Å². The average Bonchev–Trinajstić information content (AvgIpc) is 3.01. The minimum atomic E-state index is 0.0620. The Balaban J connectivity index is 1.84.